The Kier molecular flexibility index (Phi) is 0.864. The average Bonchev–Trinajstić information content (AvgIpc) is 2.71. The van der Waals surface area contributed by atoms with Gasteiger partial charge in [0.05, 0.1) is 17.1 Å². The molecular weight excluding hydrogens is 154 g/mol. The highest BCUT2D eigenvalue weighted by Crippen LogP contribution is 2.13. The Morgan fingerprint density at radius 1 is 1.42 bits per heavy atom. The van der Waals surface area contributed by atoms with E-state index in [1.807, 2.05) is 12.3 Å². The van der Waals surface area contributed by atoms with E-state index in [1.165, 1.54) is 6.33 Å². The molecule has 0 amide bonds. The first-order valence-electron chi connectivity index (χ1n) is 3.56. The average molecular weight is 159 g/mol. The monoisotopic (exact) mass is 159 g/mol. The van der Waals surface area contributed by atoms with Crippen LogP contribution in [0.15, 0.2) is 24.8 Å². The van der Waals surface area contributed by atoms with Crippen molar-refractivity contribution in [3.8, 4) is 0 Å². The normalized spacial score (nSPS) is 11.3. The first kappa shape index (κ1) is 5.70. The second-order valence-electron chi connectivity index (χ2n) is 2.54. The van der Waals surface area contributed by atoms with Crippen LogP contribution in [0.5, 0.6) is 0 Å². The Balaban J connectivity index is 2.71. The third kappa shape index (κ3) is 0.554. The molecule has 1 N–H and O–H groups in total. The largest absolute Gasteiger partial charge is 0.278 e. The quantitative estimate of drug-likeness (QED) is 0.522. The van der Waals surface area contributed by atoms with Gasteiger partial charge in [0.1, 0.15) is 6.33 Å². The van der Waals surface area contributed by atoms with E-state index in [-0.39, 0.29) is 0 Å². The summed E-state index contributed by atoms with van der Waals surface area (Å²) in [4.78, 5) is 4.11. The maximum Gasteiger partial charge on any atom is 0.166 e. The van der Waals surface area contributed by atoms with Crippen molar-refractivity contribution in [2.45, 2.75) is 0 Å². The van der Waals surface area contributed by atoms with E-state index in [0.717, 1.165) is 16.6 Å². The zero-order valence-electron chi connectivity index (χ0n) is 6.10. The molecule has 3 heterocycles. The number of hydrogen-bond donors (Lipinski definition) is 1. The van der Waals surface area contributed by atoms with Gasteiger partial charge in [0, 0.05) is 6.20 Å². The van der Waals surface area contributed by atoms with E-state index in [9.17, 15) is 0 Å². The topological polar surface area (TPSA) is 58.9 Å². The zero-order valence-corrected chi connectivity index (χ0v) is 6.10. The van der Waals surface area contributed by atoms with Crippen LogP contribution in [-0.4, -0.2) is 24.8 Å². The molecule has 0 aliphatic rings. The molecule has 58 valence electrons. The molecule has 0 aliphatic heterocycles. The molecule has 0 aliphatic carbocycles. The van der Waals surface area contributed by atoms with Crippen LogP contribution in [0.1, 0.15) is 0 Å². The van der Waals surface area contributed by atoms with Crippen molar-refractivity contribution < 1.29 is 0 Å². The van der Waals surface area contributed by atoms with Crippen molar-refractivity contribution in [2.75, 3.05) is 0 Å². The molecular formula is C7H5N5. The molecule has 0 saturated heterocycles. The van der Waals surface area contributed by atoms with Crippen molar-refractivity contribution in [2.24, 2.45) is 0 Å². The van der Waals surface area contributed by atoms with E-state index in [0.29, 0.717) is 0 Å². The fourth-order valence-electron chi connectivity index (χ4n) is 1.30. The maximum absolute atomic E-state index is 4.11. The summed E-state index contributed by atoms with van der Waals surface area (Å²) in [6, 6.07) is 1.92. The Morgan fingerprint density at radius 2 is 2.42 bits per heavy atom. The predicted octanol–water partition coefficient (Wildman–Crippen LogP) is 0.606. The van der Waals surface area contributed by atoms with Gasteiger partial charge in [-0.1, -0.05) is 0 Å². The Morgan fingerprint density at radius 3 is 3.42 bits per heavy atom. The lowest BCUT2D eigenvalue weighted by Crippen LogP contribution is -1.85. The minimum atomic E-state index is 0.834. The van der Waals surface area contributed by atoms with E-state index < -0.39 is 0 Å². The number of aromatic amines is 1. The lowest BCUT2D eigenvalue weighted by molar-refractivity contribution is 0.966. The van der Waals surface area contributed by atoms with Crippen LogP contribution in [0.2, 0.25) is 0 Å². The van der Waals surface area contributed by atoms with Crippen molar-refractivity contribution in [3.63, 3.8) is 0 Å². The molecule has 3 aromatic heterocycles. The summed E-state index contributed by atoms with van der Waals surface area (Å²) in [6.07, 6.45) is 5.13. The second kappa shape index (κ2) is 1.82. The van der Waals surface area contributed by atoms with Gasteiger partial charge >= 0.3 is 0 Å². The summed E-state index contributed by atoms with van der Waals surface area (Å²) in [5.74, 6) is 0. The van der Waals surface area contributed by atoms with Gasteiger partial charge in [-0.05, 0) is 6.07 Å². The Labute approximate surface area is 67.0 Å². The number of nitrogens with zero attached hydrogens (tertiary/aromatic N) is 4. The molecule has 3 aromatic rings. The first-order chi connectivity index (χ1) is 5.95. The molecule has 0 radical (unpaired) electrons. The third-order valence-corrected chi connectivity index (χ3v) is 1.87. The van der Waals surface area contributed by atoms with Crippen molar-refractivity contribution in [1.82, 2.24) is 24.8 Å². The SMILES string of the molecule is c1nc2c3cn[nH]c3ccn2n1. The van der Waals surface area contributed by atoms with Crippen LogP contribution in [0, 0.1) is 0 Å². The number of fused-ring (bicyclic) bond motifs is 3. The molecule has 0 saturated carbocycles. The molecule has 5 nitrogen and oxygen atoms in total. The van der Waals surface area contributed by atoms with Gasteiger partial charge in [-0.15, -0.1) is 0 Å². The molecule has 0 unspecified atom stereocenters. The van der Waals surface area contributed by atoms with Crippen LogP contribution in [0.25, 0.3) is 16.6 Å². The Bertz CT molecular complexity index is 485. The maximum atomic E-state index is 4.11. The Hall–Kier alpha value is -1.91. The molecule has 0 aromatic carbocycles. The van der Waals surface area contributed by atoms with Crippen molar-refractivity contribution >= 4 is 16.6 Å². The van der Waals surface area contributed by atoms with E-state index in [4.69, 9.17) is 0 Å². The standard InChI is InChI=1S/C7H5N5/c1-2-12-7(8-4-10-12)5-3-9-11-6(1)5/h1-4H,(H,9,11). The molecule has 3 rings (SSSR count). The van der Waals surface area contributed by atoms with Crippen molar-refractivity contribution in [1.29, 1.82) is 0 Å². The van der Waals surface area contributed by atoms with Gasteiger partial charge in [-0.25, -0.2) is 9.50 Å². The number of pyridine rings is 1. The summed E-state index contributed by atoms with van der Waals surface area (Å²) < 4.78 is 1.72. The van der Waals surface area contributed by atoms with Crippen LogP contribution in [0.4, 0.5) is 0 Å². The lowest BCUT2D eigenvalue weighted by Gasteiger charge is -1.90. The minimum absolute atomic E-state index is 0.834. The summed E-state index contributed by atoms with van der Waals surface area (Å²) in [7, 11) is 0. The number of H-pyrrole nitrogens is 1. The zero-order chi connectivity index (χ0) is 7.97. The molecule has 0 spiro atoms. The lowest BCUT2D eigenvalue weighted by atomic mass is 10.3. The fraction of sp³-hybridized carbons (Fsp3) is 0. The highest BCUT2D eigenvalue weighted by Gasteiger charge is 2.02. The molecule has 12 heavy (non-hydrogen) atoms. The first-order valence-corrected chi connectivity index (χ1v) is 3.56. The number of hydrogen-bond acceptors (Lipinski definition) is 3. The number of rotatable bonds is 0. The third-order valence-electron chi connectivity index (χ3n) is 1.87. The van der Waals surface area contributed by atoms with Gasteiger partial charge < -0.3 is 0 Å². The van der Waals surface area contributed by atoms with Gasteiger partial charge in [0.25, 0.3) is 0 Å². The van der Waals surface area contributed by atoms with Gasteiger partial charge in [-0.2, -0.15) is 10.2 Å². The highest BCUT2D eigenvalue weighted by atomic mass is 15.3. The van der Waals surface area contributed by atoms with Crippen LogP contribution in [-0.2, 0) is 0 Å². The van der Waals surface area contributed by atoms with Crippen LogP contribution >= 0.6 is 0 Å². The van der Waals surface area contributed by atoms with E-state index in [1.54, 1.807) is 10.7 Å². The summed E-state index contributed by atoms with van der Waals surface area (Å²) in [6.45, 7) is 0. The summed E-state index contributed by atoms with van der Waals surface area (Å²) >= 11 is 0. The predicted molar refractivity (Wildman–Crippen MR) is 42.6 cm³/mol. The molecule has 0 bridgehead atoms. The van der Waals surface area contributed by atoms with Gasteiger partial charge in [0.2, 0.25) is 0 Å². The summed E-state index contributed by atoms with van der Waals surface area (Å²) in [5.41, 5.74) is 1.82. The minimum Gasteiger partial charge on any atom is -0.278 e. The van der Waals surface area contributed by atoms with Crippen LogP contribution in [0.3, 0.4) is 0 Å². The fourth-order valence-corrected chi connectivity index (χ4v) is 1.30. The number of aromatic nitrogens is 5. The van der Waals surface area contributed by atoms with Gasteiger partial charge in [0.15, 0.2) is 5.65 Å². The molecule has 5 heteroatoms. The van der Waals surface area contributed by atoms with E-state index >= 15 is 0 Å². The number of nitrogens with one attached hydrogen (secondary N) is 1. The second-order valence-corrected chi connectivity index (χ2v) is 2.54. The summed E-state index contributed by atoms with van der Waals surface area (Å²) in [5, 5.41) is 11.8. The highest BCUT2D eigenvalue weighted by molar-refractivity contribution is 5.90. The van der Waals surface area contributed by atoms with Crippen molar-refractivity contribution in [3.05, 3.63) is 24.8 Å². The van der Waals surface area contributed by atoms with E-state index in [2.05, 4.69) is 20.3 Å². The molecule has 0 fully saturated rings. The van der Waals surface area contributed by atoms with Crippen LogP contribution < -0.4 is 0 Å². The molecule has 0 atom stereocenters. The smallest absolute Gasteiger partial charge is 0.166 e. The van der Waals surface area contributed by atoms with Gasteiger partial charge in [-0.3, -0.25) is 5.10 Å².